The Morgan fingerprint density at radius 3 is 2.59 bits per heavy atom. The van der Waals surface area contributed by atoms with Crippen LogP contribution in [0.2, 0.25) is 0 Å². The molecular formula is C11H17N5O10P2S. The molecule has 162 valence electrons. The van der Waals surface area contributed by atoms with Crippen molar-refractivity contribution in [1.82, 2.24) is 19.5 Å². The highest BCUT2D eigenvalue weighted by molar-refractivity contribution is 7.98. The predicted octanol–water partition coefficient (Wildman–Crippen LogP) is -1.02. The predicted molar refractivity (Wildman–Crippen MR) is 96.3 cm³/mol. The van der Waals surface area contributed by atoms with E-state index in [0.717, 1.165) is 0 Å². The monoisotopic (exact) mass is 473 g/mol. The SMILES string of the molecule is CSc1nc(N)c2ncn([C@@H]3O[C@@H](COP(=O)(O)OP(=O)(O)O)[C@@H](O)[C@@H]3O)c2n1. The fraction of sp³-hybridized carbons (Fsp3) is 0.545. The van der Waals surface area contributed by atoms with Gasteiger partial charge in [0, 0.05) is 0 Å². The molecule has 1 saturated heterocycles. The smallest absolute Gasteiger partial charge is 0.387 e. The van der Waals surface area contributed by atoms with Gasteiger partial charge in [-0.25, -0.2) is 24.1 Å². The van der Waals surface area contributed by atoms with E-state index in [1.807, 2.05) is 0 Å². The first kappa shape index (κ1) is 22.5. The Bertz CT molecular complexity index is 1000. The van der Waals surface area contributed by atoms with Gasteiger partial charge in [0.2, 0.25) is 0 Å². The summed E-state index contributed by atoms with van der Waals surface area (Å²) in [7, 11) is -10.4. The summed E-state index contributed by atoms with van der Waals surface area (Å²) in [5.41, 5.74) is 6.29. The van der Waals surface area contributed by atoms with E-state index in [4.69, 9.17) is 20.3 Å². The lowest BCUT2D eigenvalue weighted by atomic mass is 10.1. The van der Waals surface area contributed by atoms with Crippen molar-refractivity contribution >= 4 is 44.4 Å². The molecule has 0 saturated carbocycles. The second-order valence-electron chi connectivity index (χ2n) is 5.80. The maximum absolute atomic E-state index is 11.5. The van der Waals surface area contributed by atoms with Crippen LogP contribution in [0.5, 0.6) is 0 Å². The highest BCUT2D eigenvalue weighted by Crippen LogP contribution is 2.57. The zero-order valence-electron chi connectivity index (χ0n) is 14.5. The molecule has 0 amide bonds. The molecule has 0 radical (unpaired) electrons. The van der Waals surface area contributed by atoms with Gasteiger partial charge in [-0.2, -0.15) is 4.31 Å². The number of nitrogens with zero attached hydrogens (tertiary/aromatic N) is 4. The third kappa shape index (κ3) is 4.95. The first-order valence-electron chi connectivity index (χ1n) is 7.71. The maximum atomic E-state index is 11.5. The van der Waals surface area contributed by atoms with E-state index in [0.29, 0.717) is 5.16 Å². The number of hydrogen-bond donors (Lipinski definition) is 6. The molecule has 0 bridgehead atoms. The summed E-state index contributed by atoms with van der Waals surface area (Å²) in [6.45, 7) is -0.817. The molecule has 0 spiro atoms. The standard InChI is InChI=1S/C11H17N5O10P2S/c1-29-11-14-8(12)5-9(15-11)16(3-13-5)10-7(18)6(17)4(25-10)2-24-28(22,23)26-27(19,20)21/h3-4,6-7,10,17-18H,2H2,1H3,(H,22,23)(H2,12,14,15)(H2,19,20,21)/t4-,6+,7-,10+/m0/s1. The van der Waals surface area contributed by atoms with Gasteiger partial charge in [-0.05, 0) is 6.26 Å². The minimum Gasteiger partial charge on any atom is -0.387 e. The van der Waals surface area contributed by atoms with E-state index in [1.54, 1.807) is 6.26 Å². The molecule has 1 aliphatic rings. The molecule has 1 fully saturated rings. The van der Waals surface area contributed by atoms with E-state index in [-0.39, 0.29) is 17.0 Å². The van der Waals surface area contributed by atoms with Crippen LogP contribution in [-0.2, 0) is 22.7 Å². The second kappa shape index (κ2) is 8.17. The number of aliphatic hydroxyl groups excluding tert-OH is 2. The third-order valence-electron chi connectivity index (χ3n) is 3.83. The van der Waals surface area contributed by atoms with Crippen LogP contribution in [0, 0.1) is 0 Å². The molecular weight excluding hydrogens is 456 g/mol. The van der Waals surface area contributed by atoms with Crippen LogP contribution in [-0.4, -0.2) is 75.6 Å². The minimum atomic E-state index is -5.30. The van der Waals surface area contributed by atoms with Gasteiger partial charge in [-0.15, -0.1) is 0 Å². The van der Waals surface area contributed by atoms with Gasteiger partial charge < -0.3 is 35.4 Å². The summed E-state index contributed by atoms with van der Waals surface area (Å²) in [5.74, 6) is 0.0989. The molecule has 7 N–H and O–H groups in total. The lowest BCUT2D eigenvalue weighted by Gasteiger charge is -2.17. The normalized spacial score (nSPS) is 27.4. The van der Waals surface area contributed by atoms with Crippen LogP contribution in [0.4, 0.5) is 5.82 Å². The van der Waals surface area contributed by atoms with Crippen LogP contribution in [0.15, 0.2) is 11.5 Å². The van der Waals surface area contributed by atoms with Crippen LogP contribution in [0.25, 0.3) is 11.2 Å². The number of ether oxygens (including phenoxy) is 1. The lowest BCUT2D eigenvalue weighted by molar-refractivity contribution is -0.0503. The van der Waals surface area contributed by atoms with Crippen LogP contribution >= 0.6 is 27.4 Å². The van der Waals surface area contributed by atoms with Crippen molar-refractivity contribution in [3.8, 4) is 0 Å². The van der Waals surface area contributed by atoms with Gasteiger partial charge in [0.1, 0.15) is 23.8 Å². The molecule has 0 aliphatic carbocycles. The molecule has 18 heteroatoms. The van der Waals surface area contributed by atoms with E-state index in [1.165, 1.54) is 22.7 Å². The number of rotatable bonds is 7. The van der Waals surface area contributed by atoms with E-state index in [9.17, 15) is 24.2 Å². The molecule has 1 unspecified atom stereocenters. The van der Waals surface area contributed by atoms with E-state index in [2.05, 4.69) is 23.8 Å². The van der Waals surface area contributed by atoms with Gasteiger partial charge in [0.05, 0.1) is 12.9 Å². The van der Waals surface area contributed by atoms with Crippen molar-refractivity contribution < 1.29 is 47.6 Å². The van der Waals surface area contributed by atoms with Crippen molar-refractivity contribution in [3.63, 3.8) is 0 Å². The molecule has 3 heterocycles. The number of phosphoric acid groups is 2. The summed E-state index contributed by atoms with van der Waals surface area (Å²) in [5, 5.41) is 20.8. The van der Waals surface area contributed by atoms with Crippen molar-refractivity contribution in [1.29, 1.82) is 0 Å². The minimum absolute atomic E-state index is 0.0989. The number of anilines is 1. The molecule has 2 aromatic rings. The zero-order valence-corrected chi connectivity index (χ0v) is 17.1. The van der Waals surface area contributed by atoms with Crippen LogP contribution in [0.1, 0.15) is 6.23 Å². The quantitative estimate of drug-likeness (QED) is 0.160. The number of aromatic nitrogens is 4. The number of hydrogen-bond acceptors (Lipinski definition) is 12. The number of aliphatic hydroxyl groups is 2. The van der Waals surface area contributed by atoms with Gasteiger partial charge in [-0.3, -0.25) is 9.09 Å². The number of fused-ring (bicyclic) bond motifs is 1. The molecule has 5 atom stereocenters. The fourth-order valence-electron chi connectivity index (χ4n) is 2.62. The number of nitrogens with two attached hydrogens (primary N) is 1. The molecule has 1 aliphatic heterocycles. The molecule has 3 rings (SSSR count). The van der Waals surface area contributed by atoms with E-state index >= 15 is 0 Å². The molecule has 15 nitrogen and oxygen atoms in total. The molecule has 29 heavy (non-hydrogen) atoms. The lowest BCUT2D eigenvalue weighted by Crippen LogP contribution is -2.33. The van der Waals surface area contributed by atoms with Crippen molar-refractivity contribution in [2.45, 2.75) is 29.7 Å². The van der Waals surface area contributed by atoms with E-state index < -0.39 is 46.8 Å². The van der Waals surface area contributed by atoms with Crippen molar-refractivity contribution in [2.24, 2.45) is 0 Å². The Kier molecular flexibility index (Phi) is 6.34. The van der Waals surface area contributed by atoms with Crippen LogP contribution in [0.3, 0.4) is 0 Å². The Balaban J connectivity index is 1.80. The summed E-state index contributed by atoms with van der Waals surface area (Å²) >= 11 is 1.22. The largest absolute Gasteiger partial charge is 0.481 e. The second-order valence-corrected chi connectivity index (χ2v) is 9.41. The maximum Gasteiger partial charge on any atom is 0.481 e. The zero-order chi connectivity index (χ0) is 21.6. The van der Waals surface area contributed by atoms with Gasteiger partial charge in [0.15, 0.2) is 22.8 Å². The van der Waals surface area contributed by atoms with Crippen molar-refractivity contribution in [3.05, 3.63) is 6.33 Å². The highest BCUT2D eigenvalue weighted by atomic mass is 32.2. The van der Waals surface area contributed by atoms with Crippen molar-refractivity contribution in [2.75, 3.05) is 18.6 Å². The number of nitrogen functional groups attached to an aromatic ring is 1. The number of phosphoric ester groups is 1. The fourth-order valence-corrected chi connectivity index (χ4v) is 4.58. The number of imidazole rings is 1. The van der Waals surface area contributed by atoms with Crippen LogP contribution < -0.4 is 5.73 Å². The molecule has 0 aromatic carbocycles. The van der Waals surface area contributed by atoms with Gasteiger partial charge >= 0.3 is 15.6 Å². The summed E-state index contributed by atoms with van der Waals surface area (Å²) < 4.78 is 37.1. The molecule has 2 aromatic heterocycles. The first-order chi connectivity index (χ1) is 13.4. The highest BCUT2D eigenvalue weighted by Gasteiger charge is 2.46. The average Bonchev–Trinajstić information content (AvgIpc) is 3.13. The van der Waals surface area contributed by atoms with Gasteiger partial charge in [-0.1, -0.05) is 11.8 Å². The Hall–Kier alpha value is -1.16. The summed E-state index contributed by atoms with van der Waals surface area (Å²) in [6, 6.07) is 0. The first-order valence-corrected chi connectivity index (χ1v) is 12.0. The third-order valence-corrected chi connectivity index (χ3v) is 6.53. The number of thioether (sulfide) groups is 1. The summed E-state index contributed by atoms with van der Waals surface area (Å²) in [4.78, 5) is 38.8. The average molecular weight is 473 g/mol. The van der Waals surface area contributed by atoms with Gasteiger partial charge in [0.25, 0.3) is 0 Å². The summed E-state index contributed by atoms with van der Waals surface area (Å²) in [6.07, 6.45) is -2.66. The Labute approximate surface area is 166 Å². The topological polar surface area (TPSA) is 233 Å². The Morgan fingerprint density at radius 2 is 1.97 bits per heavy atom. The Morgan fingerprint density at radius 1 is 1.28 bits per heavy atom.